The van der Waals surface area contributed by atoms with Crippen LogP contribution < -0.4 is 20.9 Å². The fourth-order valence-electron chi connectivity index (χ4n) is 5.33. The SMILES string of the molecule is CCC(CC(=O)OC(OC(=O)C(NC(=O)OCCl)C(C)C)C(C)C)c1ccc(N(CC(C)C)CC(C)C)c(NC(=O)Nc2ccc(C)cc2)c1. The van der Waals surface area contributed by atoms with E-state index in [1.807, 2.05) is 56.3 Å². The van der Waals surface area contributed by atoms with Gasteiger partial charge in [-0.3, -0.25) is 4.79 Å². The predicted octanol–water partition coefficient (Wildman–Crippen LogP) is 8.66. The van der Waals surface area contributed by atoms with Crippen molar-refractivity contribution in [3.8, 4) is 0 Å². The summed E-state index contributed by atoms with van der Waals surface area (Å²) >= 11 is 5.46. The molecule has 3 unspecified atom stereocenters. The summed E-state index contributed by atoms with van der Waals surface area (Å²) in [5.41, 5.74) is 4.14. The number of halogens is 1. The minimum absolute atomic E-state index is 0.0151. The molecule has 0 saturated heterocycles. The molecule has 50 heavy (non-hydrogen) atoms. The molecule has 0 aliphatic carbocycles. The van der Waals surface area contributed by atoms with E-state index in [-0.39, 0.29) is 36.3 Å². The van der Waals surface area contributed by atoms with Crippen LogP contribution in [0.25, 0.3) is 0 Å². The van der Waals surface area contributed by atoms with Gasteiger partial charge in [0.1, 0.15) is 6.04 Å². The third kappa shape index (κ3) is 14.1. The highest BCUT2D eigenvalue weighted by Crippen LogP contribution is 2.34. The first-order valence-corrected chi connectivity index (χ1v) is 18.0. The van der Waals surface area contributed by atoms with Gasteiger partial charge in [0.05, 0.1) is 17.8 Å². The second kappa shape index (κ2) is 20.6. The van der Waals surface area contributed by atoms with Crippen molar-refractivity contribution >= 4 is 52.7 Å². The fourth-order valence-corrected chi connectivity index (χ4v) is 5.43. The Kier molecular flexibility index (Phi) is 17.4. The lowest BCUT2D eigenvalue weighted by atomic mass is 9.92. The number of alkyl halides is 1. The van der Waals surface area contributed by atoms with Gasteiger partial charge in [0.2, 0.25) is 6.29 Å². The highest BCUT2D eigenvalue weighted by atomic mass is 35.5. The van der Waals surface area contributed by atoms with E-state index < -0.39 is 30.4 Å². The molecule has 0 aromatic heterocycles. The van der Waals surface area contributed by atoms with Crippen molar-refractivity contribution in [2.75, 3.05) is 34.7 Å². The molecule has 3 atom stereocenters. The van der Waals surface area contributed by atoms with Gasteiger partial charge in [0, 0.05) is 24.7 Å². The van der Waals surface area contributed by atoms with Crippen LogP contribution in [0.2, 0.25) is 0 Å². The Morgan fingerprint density at radius 2 is 1.44 bits per heavy atom. The van der Waals surface area contributed by atoms with Crippen LogP contribution in [0, 0.1) is 30.6 Å². The number of urea groups is 1. The third-order valence-electron chi connectivity index (χ3n) is 7.87. The molecular weight excluding hydrogens is 660 g/mol. The zero-order chi connectivity index (χ0) is 37.5. The quantitative estimate of drug-likeness (QED) is 0.0793. The summed E-state index contributed by atoms with van der Waals surface area (Å²) in [6, 6.07) is 11.7. The number of nitrogens with zero attached hydrogens (tertiary/aromatic N) is 1. The third-order valence-corrected chi connectivity index (χ3v) is 7.98. The number of ether oxygens (including phenoxy) is 3. The number of anilines is 3. The molecule has 0 fully saturated rings. The van der Waals surface area contributed by atoms with Gasteiger partial charge in [-0.1, -0.05) is 97.7 Å². The monoisotopic (exact) mass is 716 g/mol. The van der Waals surface area contributed by atoms with Crippen molar-refractivity contribution in [1.82, 2.24) is 5.32 Å². The molecule has 3 N–H and O–H groups in total. The van der Waals surface area contributed by atoms with Crippen molar-refractivity contribution in [3.63, 3.8) is 0 Å². The van der Waals surface area contributed by atoms with Gasteiger partial charge < -0.3 is 35.1 Å². The molecule has 0 spiro atoms. The molecule has 0 bridgehead atoms. The Bertz CT molecular complexity index is 1390. The second-order valence-corrected chi connectivity index (χ2v) is 14.4. The lowest BCUT2D eigenvalue weighted by molar-refractivity contribution is -0.198. The molecule has 0 aliphatic rings. The Morgan fingerprint density at radius 3 is 1.96 bits per heavy atom. The standard InChI is InChI=1S/C38H57ClN4O7/c1-11-28(19-33(44)49-36(26(8)9)50-35(45)34(25(6)7)42-38(47)48-22-39)29-14-17-32(43(20-23(2)3)21-24(4)5)31(18-29)41-37(46)40-30-15-12-27(10)13-16-30/h12-18,23-26,28,34,36H,11,19-22H2,1-10H3,(H,42,47)(H2,40,41,46). The molecule has 2 aromatic carbocycles. The first-order valence-electron chi connectivity index (χ1n) is 17.5. The molecule has 12 heteroatoms. The van der Waals surface area contributed by atoms with Gasteiger partial charge in [-0.05, 0) is 66.8 Å². The summed E-state index contributed by atoms with van der Waals surface area (Å²) in [4.78, 5) is 53.9. The normalized spacial score (nSPS) is 13.1. The molecular formula is C38H57ClN4O7. The second-order valence-electron chi connectivity index (χ2n) is 14.2. The number of carbonyl (C=O) groups is 4. The zero-order valence-electron chi connectivity index (χ0n) is 31.3. The Labute approximate surface area is 303 Å². The van der Waals surface area contributed by atoms with E-state index in [4.69, 9.17) is 25.8 Å². The van der Waals surface area contributed by atoms with Crippen LogP contribution in [-0.4, -0.2) is 55.6 Å². The highest BCUT2D eigenvalue weighted by molar-refractivity contribution is 6.17. The predicted molar refractivity (Wildman–Crippen MR) is 200 cm³/mol. The average Bonchev–Trinajstić information content (AvgIpc) is 3.02. The van der Waals surface area contributed by atoms with E-state index in [0.29, 0.717) is 29.6 Å². The van der Waals surface area contributed by atoms with Crippen LogP contribution in [0.5, 0.6) is 0 Å². The molecule has 11 nitrogen and oxygen atoms in total. The number of amides is 3. The maximum absolute atomic E-state index is 13.4. The molecule has 2 rings (SSSR count). The van der Waals surface area contributed by atoms with Gasteiger partial charge in [0.25, 0.3) is 0 Å². The summed E-state index contributed by atoms with van der Waals surface area (Å²) in [6.07, 6.45) is -1.41. The largest absolute Gasteiger partial charge is 0.433 e. The van der Waals surface area contributed by atoms with E-state index in [9.17, 15) is 19.2 Å². The van der Waals surface area contributed by atoms with Crippen LogP contribution in [0.15, 0.2) is 42.5 Å². The van der Waals surface area contributed by atoms with E-state index in [0.717, 1.165) is 29.9 Å². The van der Waals surface area contributed by atoms with E-state index in [1.54, 1.807) is 27.7 Å². The van der Waals surface area contributed by atoms with Crippen molar-refractivity contribution in [1.29, 1.82) is 0 Å². The van der Waals surface area contributed by atoms with Crippen molar-refractivity contribution in [2.45, 2.75) is 100 Å². The zero-order valence-corrected chi connectivity index (χ0v) is 32.1. The van der Waals surface area contributed by atoms with E-state index >= 15 is 0 Å². The first kappa shape index (κ1) is 42.2. The lowest BCUT2D eigenvalue weighted by Gasteiger charge is -2.31. The van der Waals surface area contributed by atoms with Gasteiger partial charge in [-0.2, -0.15) is 0 Å². The van der Waals surface area contributed by atoms with Gasteiger partial charge in [-0.25, -0.2) is 14.4 Å². The first-order chi connectivity index (χ1) is 23.5. The van der Waals surface area contributed by atoms with Crippen LogP contribution in [-0.2, 0) is 23.8 Å². The molecule has 0 aliphatic heterocycles. The Morgan fingerprint density at radius 1 is 0.820 bits per heavy atom. The molecule has 0 radical (unpaired) electrons. The molecule has 0 saturated carbocycles. The topological polar surface area (TPSA) is 135 Å². The minimum atomic E-state index is -1.18. The minimum Gasteiger partial charge on any atom is -0.433 e. The summed E-state index contributed by atoms with van der Waals surface area (Å²) in [6.45, 7) is 21.2. The van der Waals surface area contributed by atoms with Crippen molar-refractivity contribution in [3.05, 3.63) is 53.6 Å². The Balaban J connectivity index is 2.33. The average molecular weight is 717 g/mol. The molecule has 3 amide bonds. The summed E-state index contributed by atoms with van der Waals surface area (Å²) in [7, 11) is 0. The molecule has 2 aromatic rings. The van der Waals surface area contributed by atoms with Gasteiger partial charge >= 0.3 is 24.1 Å². The molecule has 0 heterocycles. The fraction of sp³-hybridized carbons (Fsp3) is 0.579. The number of rotatable bonds is 18. The smallest absolute Gasteiger partial charge is 0.409 e. The summed E-state index contributed by atoms with van der Waals surface area (Å²) in [5.74, 6) is -1.48. The van der Waals surface area contributed by atoms with Crippen LogP contribution in [0.3, 0.4) is 0 Å². The number of aryl methyl sites for hydroxylation is 1. The lowest BCUT2D eigenvalue weighted by Crippen LogP contribution is -2.47. The van der Waals surface area contributed by atoms with Gasteiger partial charge in [0.15, 0.2) is 6.07 Å². The number of benzene rings is 2. The van der Waals surface area contributed by atoms with E-state index in [2.05, 4.69) is 48.5 Å². The summed E-state index contributed by atoms with van der Waals surface area (Å²) in [5, 5.41) is 8.44. The number of hydrogen-bond donors (Lipinski definition) is 3. The number of alkyl carbamates (subject to hydrolysis) is 1. The van der Waals surface area contributed by atoms with E-state index in [1.165, 1.54) is 0 Å². The maximum atomic E-state index is 13.4. The maximum Gasteiger partial charge on any atom is 0.409 e. The van der Waals surface area contributed by atoms with Crippen molar-refractivity contribution in [2.24, 2.45) is 23.7 Å². The van der Waals surface area contributed by atoms with Crippen molar-refractivity contribution < 1.29 is 33.4 Å². The van der Waals surface area contributed by atoms with Crippen LogP contribution in [0.1, 0.15) is 92.2 Å². The van der Waals surface area contributed by atoms with Crippen LogP contribution >= 0.6 is 11.6 Å². The van der Waals surface area contributed by atoms with Gasteiger partial charge in [-0.15, -0.1) is 0 Å². The highest BCUT2D eigenvalue weighted by Gasteiger charge is 2.32. The number of carbonyl (C=O) groups excluding carboxylic acids is 4. The number of nitrogens with one attached hydrogen (secondary N) is 3. The molecule has 278 valence electrons. The number of hydrogen-bond acceptors (Lipinski definition) is 8. The Hall–Kier alpha value is -3.99. The summed E-state index contributed by atoms with van der Waals surface area (Å²) < 4.78 is 16.0. The van der Waals surface area contributed by atoms with Crippen LogP contribution in [0.4, 0.5) is 26.7 Å². The number of esters is 2.